The van der Waals surface area contributed by atoms with Crippen molar-refractivity contribution < 1.29 is 9.18 Å². The van der Waals surface area contributed by atoms with Crippen LogP contribution in [0.1, 0.15) is 36.6 Å². The van der Waals surface area contributed by atoms with Crippen LogP contribution in [0.3, 0.4) is 0 Å². The third-order valence-electron chi connectivity index (χ3n) is 5.35. The van der Waals surface area contributed by atoms with Crippen molar-refractivity contribution in [3.8, 4) is 10.6 Å². The largest absolute Gasteiger partial charge is 0.327 e. The van der Waals surface area contributed by atoms with Gasteiger partial charge in [-0.3, -0.25) is 9.88 Å². The van der Waals surface area contributed by atoms with Crippen LogP contribution in [0, 0.1) is 5.82 Å². The number of amides is 2. The first-order valence-electron chi connectivity index (χ1n) is 9.69. The van der Waals surface area contributed by atoms with Gasteiger partial charge in [0.1, 0.15) is 16.6 Å². The standard InChI is InChI=1S/C21H20FN5OS/c22-15-5-4-14-11-27(21(28)25-17(14)10-15)19-12-29-20(26-19)13-6-8-24-18(9-13)16-3-1-2-7-23-16/h4-6,8-10,12,16,23H,1-3,7,11H2,(H,25,28). The first-order chi connectivity index (χ1) is 14.2. The fourth-order valence-corrected chi connectivity index (χ4v) is 4.62. The van der Waals surface area contributed by atoms with Crippen molar-refractivity contribution in [3.63, 3.8) is 0 Å². The summed E-state index contributed by atoms with van der Waals surface area (Å²) >= 11 is 1.50. The Labute approximate surface area is 171 Å². The second-order valence-electron chi connectivity index (χ2n) is 7.30. The van der Waals surface area contributed by atoms with E-state index in [1.54, 1.807) is 11.0 Å². The molecule has 2 aliphatic rings. The molecular formula is C21H20FN5OS. The number of fused-ring (bicyclic) bond motifs is 1. The van der Waals surface area contributed by atoms with E-state index in [9.17, 15) is 9.18 Å². The zero-order valence-electron chi connectivity index (χ0n) is 15.7. The number of carbonyl (C=O) groups is 1. The molecule has 1 aromatic carbocycles. The van der Waals surface area contributed by atoms with E-state index in [4.69, 9.17) is 4.98 Å². The molecule has 2 aliphatic heterocycles. The molecule has 2 N–H and O–H groups in total. The number of aromatic nitrogens is 2. The predicted molar refractivity (Wildman–Crippen MR) is 112 cm³/mol. The van der Waals surface area contributed by atoms with E-state index >= 15 is 0 Å². The summed E-state index contributed by atoms with van der Waals surface area (Å²) in [5.74, 6) is 0.223. The molecule has 1 saturated heterocycles. The average molecular weight is 409 g/mol. The van der Waals surface area contributed by atoms with E-state index in [-0.39, 0.29) is 17.9 Å². The highest BCUT2D eigenvalue weighted by Crippen LogP contribution is 2.33. The fourth-order valence-electron chi connectivity index (χ4n) is 3.81. The molecule has 5 rings (SSSR count). The number of halogens is 1. The highest BCUT2D eigenvalue weighted by atomic mass is 32.1. The van der Waals surface area contributed by atoms with Gasteiger partial charge >= 0.3 is 6.03 Å². The second kappa shape index (κ2) is 7.53. The topological polar surface area (TPSA) is 70.2 Å². The molecule has 1 fully saturated rings. The van der Waals surface area contributed by atoms with Gasteiger partial charge in [0.05, 0.1) is 17.9 Å². The number of urea groups is 1. The molecule has 29 heavy (non-hydrogen) atoms. The average Bonchev–Trinajstić information content (AvgIpc) is 3.24. The van der Waals surface area contributed by atoms with Gasteiger partial charge in [0.15, 0.2) is 0 Å². The first kappa shape index (κ1) is 18.2. The molecule has 148 valence electrons. The van der Waals surface area contributed by atoms with Gasteiger partial charge in [0.25, 0.3) is 0 Å². The van der Waals surface area contributed by atoms with Crippen molar-refractivity contribution >= 4 is 28.9 Å². The quantitative estimate of drug-likeness (QED) is 0.657. The number of nitrogens with zero attached hydrogens (tertiary/aromatic N) is 3. The van der Waals surface area contributed by atoms with Crippen LogP contribution >= 0.6 is 11.3 Å². The Morgan fingerprint density at radius 1 is 1.21 bits per heavy atom. The van der Waals surface area contributed by atoms with Crippen molar-refractivity contribution in [2.75, 3.05) is 16.8 Å². The number of rotatable bonds is 3. The summed E-state index contributed by atoms with van der Waals surface area (Å²) in [4.78, 5) is 23.3. The summed E-state index contributed by atoms with van der Waals surface area (Å²) < 4.78 is 13.4. The molecular weight excluding hydrogens is 389 g/mol. The van der Waals surface area contributed by atoms with Crippen LogP contribution in [0.5, 0.6) is 0 Å². The normalized spacial score (nSPS) is 19.0. The zero-order valence-corrected chi connectivity index (χ0v) is 16.5. The molecule has 4 heterocycles. The maximum absolute atomic E-state index is 13.4. The van der Waals surface area contributed by atoms with Crippen LogP contribution in [0.25, 0.3) is 10.6 Å². The monoisotopic (exact) mass is 409 g/mol. The maximum atomic E-state index is 13.4. The Hall–Kier alpha value is -2.84. The predicted octanol–water partition coefficient (Wildman–Crippen LogP) is 4.71. The highest BCUT2D eigenvalue weighted by Gasteiger charge is 2.26. The van der Waals surface area contributed by atoms with Crippen molar-refractivity contribution in [2.24, 2.45) is 0 Å². The third-order valence-corrected chi connectivity index (χ3v) is 6.23. The van der Waals surface area contributed by atoms with Gasteiger partial charge in [-0.1, -0.05) is 12.5 Å². The van der Waals surface area contributed by atoms with Gasteiger partial charge in [0, 0.05) is 23.2 Å². The molecule has 1 unspecified atom stereocenters. The van der Waals surface area contributed by atoms with Gasteiger partial charge in [-0.15, -0.1) is 11.3 Å². The number of anilines is 2. The van der Waals surface area contributed by atoms with Crippen LogP contribution in [-0.2, 0) is 6.54 Å². The lowest BCUT2D eigenvalue weighted by molar-refractivity contribution is 0.256. The number of nitrogens with one attached hydrogen (secondary N) is 2. The Morgan fingerprint density at radius 3 is 3.00 bits per heavy atom. The summed E-state index contributed by atoms with van der Waals surface area (Å²) in [6.45, 7) is 1.38. The molecule has 0 spiro atoms. The van der Waals surface area contributed by atoms with Crippen LogP contribution in [-0.4, -0.2) is 22.5 Å². The molecule has 3 aromatic rings. The summed E-state index contributed by atoms with van der Waals surface area (Å²) in [5.41, 5.74) is 3.40. The molecule has 1 atom stereocenters. The molecule has 8 heteroatoms. The van der Waals surface area contributed by atoms with Crippen molar-refractivity contribution in [1.82, 2.24) is 15.3 Å². The minimum atomic E-state index is -0.366. The lowest BCUT2D eigenvalue weighted by atomic mass is 10.0. The van der Waals surface area contributed by atoms with Crippen LogP contribution in [0.2, 0.25) is 0 Å². The minimum absolute atomic E-state index is 0.285. The summed E-state index contributed by atoms with van der Waals surface area (Å²) in [5, 5.41) is 8.99. The van der Waals surface area contributed by atoms with E-state index < -0.39 is 0 Å². The van der Waals surface area contributed by atoms with E-state index in [1.807, 2.05) is 17.6 Å². The van der Waals surface area contributed by atoms with Crippen LogP contribution in [0.15, 0.2) is 41.9 Å². The van der Waals surface area contributed by atoms with Crippen molar-refractivity contribution in [3.05, 3.63) is 59.0 Å². The molecule has 2 amide bonds. The molecule has 0 saturated carbocycles. The van der Waals surface area contributed by atoms with Gasteiger partial charge < -0.3 is 10.6 Å². The minimum Gasteiger partial charge on any atom is -0.309 e. The second-order valence-corrected chi connectivity index (χ2v) is 8.16. The van der Waals surface area contributed by atoms with Crippen molar-refractivity contribution in [1.29, 1.82) is 0 Å². The number of carbonyl (C=O) groups excluding carboxylic acids is 1. The zero-order chi connectivity index (χ0) is 19.8. The SMILES string of the molecule is O=C1Nc2cc(F)ccc2CN1c1csc(-c2ccnc(C3CCCCN3)c2)n1. The van der Waals surface area contributed by atoms with Crippen LogP contribution in [0.4, 0.5) is 20.7 Å². The Balaban J connectivity index is 1.40. The molecule has 0 radical (unpaired) electrons. The third kappa shape index (κ3) is 3.61. The molecule has 2 aromatic heterocycles. The summed E-state index contributed by atoms with van der Waals surface area (Å²) in [6.07, 6.45) is 5.33. The Morgan fingerprint density at radius 2 is 2.14 bits per heavy atom. The van der Waals surface area contributed by atoms with Gasteiger partial charge in [-0.05, 0) is 49.2 Å². The number of pyridine rings is 1. The smallest absolute Gasteiger partial charge is 0.309 e. The van der Waals surface area contributed by atoms with Gasteiger partial charge in [-0.2, -0.15) is 0 Å². The van der Waals surface area contributed by atoms with Crippen LogP contribution < -0.4 is 15.5 Å². The number of hydrogen-bond donors (Lipinski definition) is 2. The lowest BCUT2D eigenvalue weighted by Crippen LogP contribution is -2.38. The lowest BCUT2D eigenvalue weighted by Gasteiger charge is -2.27. The van der Waals surface area contributed by atoms with E-state index in [1.165, 1.54) is 36.3 Å². The maximum Gasteiger partial charge on any atom is 0.327 e. The number of piperidine rings is 1. The number of hydrogen-bond acceptors (Lipinski definition) is 5. The van der Waals surface area contributed by atoms with Gasteiger partial charge in [0.2, 0.25) is 0 Å². The fraction of sp³-hybridized carbons (Fsp3) is 0.286. The Bertz CT molecular complexity index is 1060. The van der Waals surface area contributed by atoms with Crippen molar-refractivity contribution in [2.45, 2.75) is 31.8 Å². The molecule has 0 aliphatic carbocycles. The van der Waals surface area contributed by atoms with Gasteiger partial charge in [-0.25, -0.2) is 14.2 Å². The Kier molecular flexibility index (Phi) is 4.73. The number of thiazole rings is 1. The first-order valence-corrected chi connectivity index (χ1v) is 10.6. The molecule has 6 nitrogen and oxygen atoms in total. The number of benzene rings is 1. The summed E-state index contributed by atoms with van der Waals surface area (Å²) in [7, 11) is 0. The van der Waals surface area contributed by atoms with E-state index in [0.29, 0.717) is 18.1 Å². The summed E-state index contributed by atoms with van der Waals surface area (Å²) in [6, 6.07) is 8.45. The van der Waals surface area contributed by atoms with E-state index in [2.05, 4.69) is 21.7 Å². The van der Waals surface area contributed by atoms with E-state index in [0.717, 1.165) is 34.8 Å². The highest BCUT2D eigenvalue weighted by molar-refractivity contribution is 7.13. The molecule has 0 bridgehead atoms.